The van der Waals surface area contributed by atoms with E-state index in [2.05, 4.69) is 20.5 Å². The summed E-state index contributed by atoms with van der Waals surface area (Å²) < 4.78 is 13.5. The van der Waals surface area contributed by atoms with Crippen LogP contribution in [-0.4, -0.2) is 21.1 Å². The summed E-state index contributed by atoms with van der Waals surface area (Å²) in [6, 6.07) is 6.13. The van der Waals surface area contributed by atoms with Gasteiger partial charge >= 0.3 is 0 Å². The van der Waals surface area contributed by atoms with Crippen LogP contribution in [0, 0.1) is 12.7 Å². The number of carbonyl (C=O) groups is 1. The second-order valence-corrected chi connectivity index (χ2v) is 5.15. The van der Waals surface area contributed by atoms with Gasteiger partial charge in [0.05, 0.1) is 0 Å². The molecule has 3 rings (SSSR count). The van der Waals surface area contributed by atoms with Gasteiger partial charge in [0.1, 0.15) is 16.5 Å². The highest BCUT2D eigenvalue weighted by molar-refractivity contribution is 7.15. The third-order valence-corrected chi connectivity index (χ3v) is 3.36. The van der Waals surface area contributed by atoms with Crippen LogP contribution in [0.1, 0.15) is 15.5 Å². The quantitative estimate of drug-likeness (QED) is 0.756. The van der Waals surface area contributed by atoms with Crippen LogP contribution in [0.5, 0.6) is 0 Å². The zero-order chi connectivity index (χ0) is 13.4. The summed E-state index contributed by atoms with van der Waals surface area (Å²) in [5.74, 6) is -0.730. The number of nitrogens with zero attached hydrogens (tertiary/aromatic N) is 2. The largest absolute Gasteiger partial charge is 0.350 e. The van der Waals surface area contributed by atoms with Gasteiger partial charge in [0, 0.05) is 10.9 Å². The van der Waals surface area contributed by atoms with Crippen molar-refractivity contribution in [3.05, 3.63) is 40.8 Å². The number of benzene rings is 1. The number of rotatable bonds is 2. The van der Waals surface area contributed by atoms with Gasteiger partial charge in [0.15, 0.2) is 0 Å². The fraction of sp³-hybridized carbons (Fsp3) is 0.0833. The Hall–Kier alpha value is -2.28. The van der Waals surface area contributed by atoms with Gasteiger partial charge in [-0.05, 0) is 25.1 Å². The average Bonchev–Trinajstić information content (AvgIpc) is 2.96. The van der Waals surface area contributed by atoms with Gasteiger partial charge in [-0.25, -0.2) is 4.39 Å². The molecule has 2 N–H and O–H groups in total. The maximum atomic E-state index is 13.5. The van der Waals surface area contributed by atoms with Crippen LogP contribution < -0.4 is 5.32 Å². The molecule has 0 radical (unpaired) electrons. The second kappa shape index (κ2) is 4.43. The van der Waals surface area contributed by atoms with Gasteiger partial charge in [-0.1, -0.05) is 17.4 Å². The number of hydrogen-bond donors (Lipinski definition) is 2. The van der Waals surface area contributed by atoms with Crippen LogP contribution in [0.2, 0.25) is 0 Å². The first-order chi connectivity index (χ1) is 9.13. The number of amides is 1. The van der Waals surface area contributed by atoms with Crippen molar-refractivity contribution in [2.24, 2.45) is 0 Å². The van der Waals surface area contributed by atoms with E-state index in [-0.39, 0.29) is 17.4 Å². The Bertz CT molecular complexity index is 764. The van der Waals surface area contributed by atoms with Gasteiger partial charge < -0.3 is 4.98 Å². The molecule has 2 heterocycles. The lowest BCUT2D eigenvalue weighted by molar-refractivity contribution is 0.102. The number of fused-ring (bicyclic) bond motifs is 1. The third-order valence-electron chi connectivity index (χ3n) is 2.60. The standard InChI is InChI=1S/C12H9FN4OS/c1-6-16-17-12(19-6)15-11(18)10-5-7-8(13)3-2-4-9(7)14-10/h2-5,14H,1H3,(H,15,17,18). The molecule has 0 bridgehead atoms. The summed E-state index contributed by atoms with van der Waals surface area (Å²) in [6.45, 7) is 1.80. The smallest absolute Gasteiger partial charge is 0.273 e. The molecule has 5 nitrogen and oxygen atoms in total. The number of anilines is 1. The van der Waals surface area contributed by atoms with Crippen molar-refractivity contribution in [2.45, 2.75) is 6.92 Å². The van der Waals surface area contributed by atoms with Crippen molar-refractivity contribution in [3.8, 4) is 0 Å². The monoisotopic (exact) mass is 276 g/mol. The molecule has 0 aliphatic carbocycles. The molecule has 0 aliphatic heterocycles. The van der Waals surface area contributed by atoms with E-state index < -0.39 is 0 Å². The number of H-pyrrole nitrogens is 1. The first-order valence-electron chi connectivity index (χ1n) is 5.52. The molecule has 1 aromatic carbocycles. The highest BCUT2D eigenvalue weighted by Gasteiger charge is 2.13. The molecule has 19 heavy (non-hydrogen) atoms. The predicted molar refractivity (Wildman–Crippen MR) is 70.9 cm³/mol. The van der Waals surface area contributed by atoms with E-state index in [9.17, 15) is 9.18 Å². The molecule has 96 valence electrons. The number of halogens is 1. The molecule has 0 fully saturated rings. The van der Waals surface area contributed by atoms with Gasteiger partial charge in [0.2, 0.25) is 5.13 Å². The van der Waals surface area contributed by atoms with Gasteiger partial charge in [-0.2, -0.15) is 0 Å². The highest BCUT2D eigenvalue weighted by Crippen LogP contribution is 2.20. The lowest BCUT2D eigenvalue weighted by Crippen LogP contribution is -2.11. The summed E-state index contributed by atoms with van der Waals surface area (Å²) in [6.07, 6.45) is 0. The molecule has 0 atom stereocenters. The normalized spacial score (nSPS) is 10.8. The van der Waals surface area contributed by atoms with Gasteiger partial charge in [-0.15, -0.1) is 10.2 Å². The van der Waals surface area contributed by atoms with Crippen LogP contribution in [0.4, 0.5) is 9.52 Å². The Morgan fingerprint density at radius 2 is 2.26 bits per heavy atom. The topological polar surface area (TPSA) is 70.7 Å². The zero-order valence-electron chi connectivity index (χ0n) is 9.90. The van der Waals surface area contributed by atoms with E-state index in [4.69, 9.17) is 0 Å². The molecule has 0 saturated carbocycles. The van der Waals surface area contributed by atoms with Crippen molar-refractivity contribution in [1.29, 1.82) is 0 Å². The molecule has 0 aliphatic rings. The molecule has 0 unspecified atom stereocenters. The summed E-state index contributed by atoms with van der Waals surface area (Å²) >= 11 is 1.28. The van der Waals surface area contributed by atoms with Crippen LogP contribution in [0.3, 0.4) is 0 Å². The molecule has 7 heteroatoms. The number of nitrogens with one attached hydrogen (secondary N) is 2. The Balaban J connectivity index is 1.91. The van der Waals surface area contributed by atoms with E-state index in [0.29, 0.717) is 16.0 Å². The minimum Gasteiger partial charge on any atom is -0.350 e. The maximum absolute atomic E-state index is 13.5. The molecule has 1 amide bonds. The van der Waals surface area contributed by atoms with E-state index in [1.54, 1.807) is 19.1 Å². The van der Waals surface area contributed by atoms with Crippen molar-refractivity contribution in [3.63, 3.8) is 0 Å². The van der Waals surface area contributed by atoms with E-state index >= 15 is 0 Å². The highest BCUT2D eigenvalue weighted by atomic mass is 32.1. The molecule has 0 saturated heterocycles. The summed E-state index contributed by atoms with van der Waals surface area (Å²) in [5, 5.41) is 11.8. The fourth-order valence-corrected chi connectivity index (χ4v) is 2.34. The molecular formula is C12H9FN4OS. The molecular weight excluding hydrogens is 267 g/mol. The van der Waals surface area contributed by atoms with Crippen molar-refractivity contribution in [1.82, 2.24) is 15.2 Å². The van der Waals surface area contributed by atoms with Crippen LogP contribution in [0.25, 0.3) is 10.9 Å². The SMILES string of the molecule is Cc1nnc(NC(=O)c2cc3c(F)cccc3[nH]2)s1. The number of aromatic nitrogens is 3. The maximum Gasteiger partial charge on any atom is 0.273 e. The van der Waals surface area contributed by atoms with Crippen molar-refractivity contribution >= 4 is 33.3 Å². The lowest BCUT2D eigenvalue weighted by Gasteiger charge is -1.96. The van der Waals surface area contributed by atoms with E-state index in [1.807, 2.05) is 0 Å². The summed E-state index contributed by atoms with van der Waals surface area (Å²) in [5.41, 5.74) is 0.867. The number of hydrogen-bond acceptors (Lipinski definition) is 4. The molecule has 0 spiro atoms. The Morgan fingerprint density at radius 1 is 1.42 bits per heavy atom. The van der Waals surface area contributed by atoms with Crippen LogP contribution in [0.15, 0.2) is 24.3 Å². The predicted octanol–water partition coefficient (Wildman–Crippen LogP) is 2.72. The Morgan fingerprint density at radius 3 is 2.95 bits per heavy atom. The third kappa shape index (κ3) is 2.19. The van der Waals surface area contributed by atoms with Crippen LogP contribution >= 0.6 is 11.3 Å². The second-order valence-electron chi connectivity index (χ2n) is 3.96. The molecule has 3 aromatic rings. The van der Waals surface area contributed by atoms with Crippen molar-refractivity contribution in [2.75, 3.05) is 5.32 Å². The minimum atomic E-state index is -0.369. The molecule has 2 aromatic heterocycles. The average molecular weight is 276 g/mol. The number of aryl methyl sites for hydroxylation is 1. The summed E-state index contributed by atoms with van der Waals surface area (Å²) in [7, 11) is 0. The zero-order valence-corrected chi connectivity index (χ0v) is 10.7. The summed E-state index contributed by atoms with van der Waals surface area (Å²) in [4.78, 5) is 14.8. The lowest BCUT2D eigenvalue weighted by atomic mass is 10.2. The first kappa shape index (κ1) is 11.8. The van der Waals surface area contributed by atoms with Gasteiger partial charge in [0.25, 0.3) is 5.91 Å². The first-order valence-corrected chi connectivity index (χ1v) is 6.34. The van der Waals surface area contributed by atoms with E-state index in [0.717, 1.165) is 5.01 Å². The fourth-order valence-electron chi connectivity index (χ4n) is 1.75. The Labute approximate surface area is 111 Å². The van der Waals surface area contributed by atoms with Crippen molar-refractivity contribution < 1.29 is 9.18 Å². The van der Waals surface area contributed by atoms with Gasteiger partial charge in [-0.3, -0.25) is 10.1 Å². The number of carbonyl (C=O) groups excluding carboxylic acids is 1. The van der Waals surface area contributed by atoms with E-state index in [1.165, 1.54) is 23.5 Å². The number of aromatic amines is 1. The van der Waals surface area contributed by atoms with Crippen LogP contribution in [-0.2, 0) is 0 Å². The minimum absolute atomic E-state index is 0.285. The Kier molecular flexibility index (Phi) is 2.75.